The molecule has 8 heteroatoms. The molecule has 2 unspecified atom stereocenters. The molecule has 3 fully saturated rings. The van der Waals surface area contributed by atoms with Gasteiger partial charge in [0.15, 0.2) is 0 Å². The number of likely N-dealkylation sites (tertiary alicyclic amines) is 1. The summed E-state index contributed by atoms with van der Waals surface area (Å²) in [7, 11) is 0. The van der Waals surface area contributed by atoms with Crippen LogP contribution in [0.3, 0.4) is 0 Å². The summed E-state index contributed by atoms with van der Waals surface area (Å²) in [6.07, 6.45) is 0.724. The number of nitrogens with one attached hydrogen (secondary N) is 2. The molecule has 6 atom stereocenters. The lowest BCUT2D eigenvalue weighted by atomic mass is 9.70. The molecule has 2 aromatic rings. The number of rotatable bonds is 8. The van der Waals surface area contributed by atoms with E-state index in [0.717, 1.165) is 11.1 Å². The number of aliphatic hydroxyl groups excluding tert-OH is 1. The second-order valence-corrected chi connectivity index (χ2v) is 9.74. The van der Waals surface area contributed by atoms with Gasteiger partial charge in [0.1, 0.15) is 11.6 Å². The Bertz CT molecular complexity index is 1090. The fourth-order valence-electron chi connectivity index (χ4n) is 6.04. The molecule has 1 spiro atoms. The first-order chi connectivity index (χ1) is 17.0. The SMILES string of the molecule is C[C@H](CO)N1C(=O)[C@@H]2[C@H](C(=O)NCc3ccccc3)[C@@H]3CCC2(O3)C1C(=O)NCc1ccccc1. The summed E-state index contributed by atoms with van der Waals surface area (Å²) in [6, 6.07) is 17.6. The van der Waals surface area contributed by atoms with E-state index >= 15 is 0 Å². The smallest absolute Gasteiger partial charge is 0.246 e. The summed E-state index contributed by atoms with van der Waals surface area (Å²) in [6.45, 7) is 2.10. The molecule has 35 heavy (non-hydrogen) atoms. The van der Waals surface area contributed by atoms with E-state index in [2.05, 4.69) is 10.6 Å². The van der Waals surface area contributed by atoms with Gasteiger partial charge in [-0.1, -0.05) is 60.7 Å². The largest absolute Gasteiger partial charge is 0.394 e. The Morgan fingerprint density at radius 1 is 1.03 bits per heavy atom. The van der Waals surface area contributed by atoms with E-state index in [0.29, 0.717) is 25.9 Å². The maximum Gasteiger partial charge on any atom is 0.246 e. The highest BCUT2D eigenvalue weighted by Gasteiger charge is 2.74. The first-order valence-corrected chi connectivity index (χ1v) is 12.2. The molecule has 3 aliphatic rings. The summed E-state index contributed by atoms with van der Waals surface area (Å²) in [5.41, 5.74) is 0.836. The quantitative estimate of drug-likeness (QED) is 0.532. The Morgan fingerprint density at radius 2 is 1.60 bits per heavy atom. The minimum atomic E-state index is -1.07. The van der Waals surface area contributed by atoms with Crippen LogP contribution in [0.4, 0.5) is 0 Å². The van der Waals surface area contributed by atoms with Crippen molar-refractivity contribution in [1.29, 1.82) is 0 Å². The molecule has 8 nitrogen and oxygen atoms in total. The zero-order valence-corrected chi connectivity index (χ0v) is 19.7. The van der Waals surface area contributed by atoms with Crippen molar-refractivity contribution in [3.05, 3.63) is 71.8 Å². The number of carbonyl (C=O) groups is 3. The Hall–Kier alpha value is -3.23. The molecule has 3 heterocycles. The van der Waals surface area contributed by atoms with Crippen LogP contribution in [0.1, 0.15) is 30.9 Å². The van der Waals surface area contributed by atoms with Gasteiger partial charge in [0.05, 0.1) is 30.6 Å². The van der Waals surface area contributed by atoms with Crippen molar-refractivity contribution in [1.82, 2.24) is 15.5 Å². The summed E-state index contributed by atoms with van der Waals surface area (Å²) < 4.78 is 6.38. The van der Waals surface area contributed by atoms with Crippen LogP contribution >= 0.6 is 0 Å². The lowest BCUT2D eigenvalue weighted by Gasteiger charge is -2.35. The van der Waals surface area contributed by atoms with E-state index in [-0.39, 0.29) is 24.3 Å². The zero-order chi connectivity index (χ0) is 24.6. The molecule has 0 aromatic heterocycles. The van der Waals surface area contributed by atoms with Gasteiger partial charge in [0.25, 0.3) is 0 Å². The third-order valence-electron chi connectivity index (χ3n) is 7.65. The Balaban J connectivity index is 1.39. The molecule has 5 rings (SSSR count). The average molecular weight is 478 g/mol. The monoisotopic (exact) mass is 477 g/mol. The highest BCUT2D eigenvalue weighted by atomic mass is 16.5. The fourth-order valence-corrected chi connectivity index (χ4v) is 6.04. The molecule has 0 radical (unpaired) electrons. The average Bonchev–Trinajstić information content (AvgIpc) is 3.54. The van der Waals surface area contributed by atoms with Crippen LogP contribution in [-0.2, 0) is 32.2 Å². The van der Waals surface area contributed by atoms with Gasteiger partial charge >= 0.3 is 0 Å². The molecule has 0 aliphatic carbocycles. The summed E-state index contributed by atoms with van der Waals surface area (Å²) in [4.78, 5) is 42.0. The van der Waals surface area contributed by atoms with E-state index in [9.17, 15) is 19.5 Å². The van der Waals surface area contributed by atoms with Crippen LogP contribution in [-0.4, -0.2) is 58.1 Å². The number of nitrogens with zero attached hydrogens (tertiary/aromatic N) is 1. The van der Waals surface area contributed by atoms with E-state index < -0.39 is 35.6 Å². The first-order valence-electron chi connectivity index (χ1n) is 12.2. The van der Waals surface area contributed by atoms with Crippen molar-refractivity contribution in [2.45, 2.75) is 56.6 Å². The number of fused-ring (bicyclic) bond motifs is 1. The van der Waals surface area contributed by atoms with Crippen LogP contribution < -0.4 is 10.6 Å². The molecule has 3 N–H and O–H groups in total. The van der Waals surface area contributed by atoms with E-state index in [4.69, 9.17) is 4.74 Å². The van der Waals surface area contributed by atoms with Crippen LogP contribution in [0.25, 0.3) is 0 Å². The maximum atomic E-state index is 13.7. The van der Waals surface area contributed by atoms with E-state index in [1.165, 1.54) is 4.90 Å². The summed E-state index contributed by atoms with van der Waals surface area (Å²) >= 11 is 0. The van der Waals surface area contributed by atoms with Crippen molar-refractivity contribution < 1.29 is 24.2 Å². The minimum absolute atomic E-state index is 0.235. The van der Waals surface area contributed by atoms with Gasteiger partial charge < -0.3 is 25.4 Å². The van der Waals surface area contributed by atoms with E-state index in [1.807, 2.05) is 60.7 Å². The minimum Gasteiger partial charge on any atom is -0.394 e. The maximum absolute atomic E-state index is 13.7. The Morgan fingerprint density at radius 3 is 2.17 bits per heavy atom. The van der Waals surface area contributed by atoms with Gasteiger partial charge in [-0.15, -0.1) is 0 Å². The van der Waals surface area contributed by atoms with Crippen molar-refractivity contribution in [2.75, 3.05) is 6.61 Å². The van der Waals surface area contributed by atoms with Crippen molar-refractivity contribution in [3.8, 4) is 0 Å². The standard InChI is InChI=1S/C27H31N3O5/c1-17(16-31)30-23(25(33)29-15-19-10-6-3-7-11-19)27-13-12-20(35-27)21(22(27)26(30)34)24(32)28-14-18-8-4-2-5-9-18/h2-11,17,20-23,31H,12-16H2,1H3,(H,28,32)(H,29,33)/t17-,20+,21-,22+,23?,27?/m1/s1. The number of hydrogen-bond acceptors (Lipinski definition) is 5. The molecule has 0 saturated carbocycles. The second-order valence-electron chi connectivity index (χ2n) is 9.74. The van der Waals surface area contributed by atoms with Gasteiger partial charge in [-0.3, -0.25) is 14.4 Å². The van der Waals surface area contributed by atoms with Crippen molar-refractivity contribution in [2.24, 2.45) is 11.8 Å². The molecule has 184 valence electrons. The highest BCUT2D eigenvalue weighted by Crippen LogP contribution is 2.58. The van der Waals surface area contributed by atoms with Crippen molar-refractivity contribution in [3.63, 3.8) is 0 Å². The van der Waals surface area contributed by atoms with Crippen molar-refractivity contribution >= 4 is 17.7 Å². The van der Waals surface area contributed by atoms with E-state index in [1.54, 1.807) is 6.92 Å². The number of hydrogen-bond donors (Lipinski definition) is 3. The molecular weight excluding hydrogens is 446 g/mol. The fraction of sp³-hybridized carbons (Fsp3) is 0.444. The lowest BCUT2D eigenvalue weighted by molar-refractivity contribution is -0.145. The van der Waals surface area contributed by atoms with Crippen LogP contribution in [0.15, 0.2) is 60.7 Å². The number of ether oxygens (including phenoxy) is 1. The number of amides is 3. The van der Waals surface area contributed by atoms with Crippen LogP contribution in [0.2, 0.25) is 0 Å². The topological polar surface area (TPSA) is 108 Å². The van der Waals surface area contributed by atoms with Gasteiger partial charge in [0.2, 0.25) is 17.7 Å². The first kappa shape index (κ1) is 23.5. The normalized spacial score (nSPS) is 29.7. The molecular formula is C27H31N3O5. The predicted molar refractivity (Wildman–Crippen MR) is 128 cm³/mol. The van der Waals surface area contributed by atoms with Gasteiger partial charge in [-0.25, -0.2) is 0 Å². The molecule has 2 aromatic carbocycles. The molecule has 2 bridgehead atoms. The molecule has 3 aliphatic heterocycles. The second kappa shape index (κ2) is 9.43. The van der Waals surface area contributed by atoms with Crippen LogP contribution in [0.5, 0.6) is 0 Å². The predicted octanol–water partition coefficient (Wildman–Crippen LogP) is 1.37. The third-order valence-corrected chi connectivity index (χ3v) is 7.65. The highest BCUT2D eigenvalue weighted by molar-refractivity contribution is 5.99. The van der Waals surface area contributed by atoms with Gasteiger partial charge in [-0.05, 0) is 30.9 Å². The Kier molecular flexibility index (Phi) is 6.34. The Labute approximate surface area is 204 Å². The summed E-state index contributed by atoms with van der Waals surface area (Å²) in [5, 5.41) is 15.8. The van der Waals surface area contributed by atoms with Gasteiger partial charge in [-0.2, -0.15) is 0 Å². The number of carbonyl (C=O) groups excluding carboxylic acids is 3. The number of aliphatic hydroxyl groups is 1. The molecule has 3 amide bonds. The lowest BCUT2D eigenvalue weighted by Crippen LogP contribution is -2.57. The third kappa shape index (κ3) is 4.00. The van der Waals surface area contributed by atoms with Gasteiger partial charge in [0, 0.05) is 13.1 Å². The number of benzene rings is 2. The summed E-state index contributed by atoms with van der Waals surface area (Å²) in [5.74, 6) is -2.27. The van der Waals surface area contributed by atoms with Crippen LogP contribution in [0, 0.1) is 11.8 Å². The zero-order valence-electron chi connectivity index (χ0n) is 19.7. The molecule has 3 saturated heterocycles.